The highest BCUT2D eigenvalue weighted by Gasteiger charge is 2.57. The fraction of sp³-hybridized carbons (Fsp3) is 0.455. The molecule has 2 saturated carbocycles. The molecule has 14 heteroatoms. The van der Waals surface area contributed by atoms with Crippen LogP contribution in [0.3, 0.4) is 0 Å². The number of likely N-dealkylation sites (tertiary alicyclic amines) is 1. The Morgan fingerprint density at radius 2 is 1.64 bits per heavy atom. The summed E-state index contributed by atoms with van der Waals surface area (Å²) in [5.74, 6) is -0.392. The van der Waals surface area contributed by atoms with Crippen molar-refractivity contribution in [2.75, 3.05) is 33.9 Å². The minimum absolute atomic E-state index is 0.0328. The molecule has 1 N–H and O–H groups in total. The van der Waals surface area contributed by atoms with Crippen LogP contribution < -0.4 is 14.2 Å². The summed E-state index contributed by atoms with van der Waals surface area (Å²) < 4.78 is 61.5. The third-order valence-electron chi connectivity index (χ3n) is 13.1. The quantitative estimate of drug-likeness (QED) is 0.158. The smallest absolute Gasteiger partial charge is 0.421 e. The molecule has 4 aromatic rings. The SMILES string of the molecule is COc1nc(-c2cccc(-c3cccc4c3CC[C@@H]4Oc3nc(OC)c(CN4CCC5CC4(C(=O)O)C5)cc3C(F)(F)F)c2Cl)ccc1CN1CC2(CCC(=O)C2)C1. The van der Waals surface area contributed by atoms with Gasteiger partial charge in [-0.15, -0.1) is 0 Å². The van der Waals surface area contributed by atoms with E-state index in [0.717, 1.165) is 59.8 Å². The van der Waals surface area contributed by atoms with Crippen LogP contribution in [-0.4, -0.2) is 76.0 Å². The van der Waals surface area contributed by atoms with Crippen LogP contribution in [0.4, 0.5) is 13.2 Å². The zero-order valence-electron chi connectivity index (χ0n) is 32.3. The van der Waals surface area contributed by atoms with Crippen molar-refractivity contribution in [3.05, 3.63) is 87.4 Å². The molecule has 0 amide bonds. The van der Waals surface area contributed by atoms with Crippen LogP contribution in [0.1, 0.15) is 78.9 Å². The van der Waals surface area contributed by atoms with E-state index in [1.165, 1.54) is 7.11 Å². The number of hydrogen-bond acceptors (Lipinski definition) is 9. The third kappa shape index (κ3) is 6.68. The van der Waals surface area contributed by atoms with Gasteiger partial charge in [0.1, 0.15) is 23.0 Å². The molecule has 5 heterocycles. The summed E-state index contributed by atoms with van der Waals surface area (Å²) >= 11 is 7.17. The van der Waals surface area contributed by atoms with Crippen LogP contribution >= 0.6 is 11.6 Å². The van der Waals surface area contributed by atoms with Gasteiger partial charge in [0.15, 0.2) is 0 Å². The van der Waals surface area contributed by atoms with Gasteiger partial charge in [0.25, 0.3) is 0 Å². The first-order chi connectivity index (χ1) is 27.8. The van der Waals surface area contributed by atoms with Crippen LogP contribution in [0, 0.1) is 11.3 Å². The van der Waals surface area contributed by atoms with Gasteiger partial charge in [-0.2, -0.15) is 18.2 Å². The maximum absolute atomic E-state index is 14.7. The van der Waals surface area contributed by atoms with Gasteiger partial charge >= 0.3 is 12.1 Å². The molecule has 1 spiro atoms. The Balaban J connectivity index is 0.967. The number of nitrogens with zero attached hydrogens (tertiary/aromatic N) is 4. The molecule has 0 radical (unpaired) electrons. The number of carboxylic acids is 1. The minimum Gasteiger partial charge on any atom is -0.481 e. The van der Waals surface area contributed by atoms with Crippen molar-refractivity contribution in [3.8, 4) is 40.0 Å². The standard InChI is InChI=1S/C44H44ClF3N4O6/c1-56-38-26(21-51-23-42(24-51)15-13-28(53)20-42)9-11-35(49-38)33-8-4-7-32(37(33)45)29-5-3-6-31-30(29)10-12-36(31)58-40-34(44(46,47)48)17-27(39(50-40)57-2)22-52-16-14-25-18-43(52,19-25)41(54)55/h3-9,11,17,25,36H,10,12-16,18-24H2,1-2H3,(H,54,55)/t25?,36-,43?/m0/s1. The molecule has 2 aromatic heterocycles. The van der Waals surface area contributed by atoms with Crippen LogP contribution in [0.25, 0.3) is 22.4 Å². The van der Waals surface area contributed by atoms with E-state index in [4.69, 9.17) is 30.8 Å². The van der Waals surface area contributed by atoms with Gasteiger partial charge in [-0.05, 0) is 79.8 Å². The fourth-order valence-electron chi connectivity index (χ4n) is 10.3. The number of alkyl halides is 3. The number of ether oxygens (including phenoxy) is 3. The Bertz CT molecular complexity index is 2310. The second-order valence-electron chi connectivity index (χ2n) is 16.7. The summed E-state index contributed by atoms with van der Waals surface area (Å²) in [4.78, 5) is 37.4. The first-order valence-electron chi connectivity index (χ1n) is 19.8. The Kier molecular flexibility index (Phi) is 9.71. The lowest BCUT2D eigenvalue weighted by Gasteiger charge is -2.56. The zero-order chi connectivity index (χ0) is 40.6. The van der Waals surface area contributed by atoms with Gasteiger partial charge in [0, 0.05) is 66.7 Å². The van der Waals surface area contributed by atoms with E-state index >= 15 is 0 Å². The molecule has 10 nitrogen and oxygen atoms in total. The fourth-order valence-corrected chi connectivity index (χ4v) is 10.6. The number of halogens is 4. The van der Waals surface area contributed by atoms with Gasteiger partial charge < -0.3 is 19.3 Å². The molecule has 1 atom stereocenters. The molecule has 58 heavy (non-hydrogen) atoms. The van der Waals surface area contributed by atoms with E-state index < -0.39 is 35.2 Å². The highest BCUT2D eigenvalue weighted by Crippen LogP contribution is 2.51. The number of aromatic nitrogens is 2. The highest BCUT2D eigenvalue weighted by atomic mass is 35.5. The van der Waals surface area contributed by atoms with Gasteiger partial charge in [-0.25, -0.2) is 4.98 Å². The van der Waals surface area contributed by atoms with E-state index in [1.54, 1.807) is 12.0 Å². The largest absolute Gasteiger partial charge is 0.481 e. The number of rotatable bonds is 11. The molecule has 2 bridgehead atoms. The van der Waals surface area contributed by atoms with E-state index in [2.05, 4.69) is 9.88 Å². The zero-order valence-corrected chi connectivity index (χ0v) is 33.1. The average molecular weight is 817 g/mol. The van der Waals surface area contributed by atoms with Gasteiger partial charge in [-0.3, -0.25) is 19.4 Å². The van der Waals surface area contributed by atoms with Crippen molar-refractivity contribution >= 4 is 23.4 Å². The van der Waals surface area contributed by atoms with Gasteiger partial charge in [-0.1, -0.05) is 54.1 Å². The molecule has 2 aromatic carbocycles. The van der Waals surface area contributed by atoms with Crippen molar-refractivity contribution in [3.63, 3.8) is 0 Å². The summed E-state index contributed by atoms with van der Waals surface area (Å²) in [6, 6.07) is 16.3. The number of carboxylic acid groups (broad SMARTS) is 1. The number of ketones is 1. The predicted octanol–water partition coefficient (Wildman–Crippen LogP) is 8.56. The Morgan fingerprint density at radius 3 is 2.34 bits per heavy atom. The second kappa shape index (κ2) is 14.5. The van der Waals surface area contributed by atoms with Crippen LogP contribution in [-0.2, 0) is 35.3 Å². The maximum atomic E-state index is 14.7. The number of carbonyl (C=O) groups is 2. The molecule has 3 aliphatic heterocycles. The average Bonchev–Trinajstić information content (AvgIpc) is 3.78. The van der Waals surface area contributed by atoms with Gasteiger partial charge in [0.05, 0.1) is 24.9 Å². The molecule has 0 unspecified atom stereocenters. The summed E-state index contributed by atoms with van der Waals surface area (Å²) in [6.45, 7) is 2.88. The lowest BCUT2D eigenvalue weighted by molar-refractivity contribution is -0.172. The number of aliphatic carboxylic acids is 1. The number of fused-ring (bicyclic) bond motifs is 3. The monoisotopic (exact) mass is 816 g/mol. The number of carbonyl (C=O) groups excluding carboxylic acids is 1. The topological polar surface area (TPSA) is 114 Å². The van der Waals surface area contributed by atoms with Crippen LogP contribution in [0.2, 0.25) is 5.02 Å². The Hall–Kier alpha value is -4.72. The first-order valence-corrected chi connectivity index (χ1v) is 20.2. The number of hydrogen-bond donors (Lipinski definition) is 1. The number of pyridine rings is 2. The Morgan fingerprint density at radius 1 is 0.914 bits per heavy atom. The van der Waals surface area contributed by atoms with Crippen LogP contribution in [0.5, 0.6) is 17.6 Å². The summed E-state index contributed by atoms with van der Waals surface area (Å²) in [5, 5.41) is 10.5. The molecule has 3 aliphatic carbocycles. The highest BCUT2D eigenvalue weighted by molar-refractivity contribution is 6.36. The van der Waals surface area contributed by atoms with E-state index in [0.29, 0.717) is 85.5 Å². The summed E-state index contributed by atoms with van der Waals surface area (Å²) in [5.41, 5.74) is 3.73. The minimum atomic E-state index is -4.79. The van der Waals surface area contributed by atoms with Gasteiger partial charge in [0.2, 0.25) is 17.6 Å². The van der Waals surface area contributed by atoms with E-state index in [9.17, 15) is 27.9 Å². The summed E-state index contributed by atoms with van der Waals surface area (Å²) in [7, 11) is 2.93. The van der Waals surface area contributed by atoms with Crippen molar-refractivity contribution in [2.45, 2.75) is 82.3 Å². The molecular formula is C44H44ClF3N4O6. The molecule has 304 valence electrons. The lowest BCUT2D eigenvalue weighted by atomic mass is 9.62. The molecule has 6 aliphatic rings. The second-order valence-corrected chi connectivity index (χ2v) is 17.1. The third-order valence-corrected chi connectivity index (χ3v) is 13.5. The van der Waals surface area contributed by atoms with Crippen LogP contribution in [0.15, 0.2) is 54.6 Å². The molecule has 5 fully saturated rings. The number of methoxy groups -OCH3 is 2. The maximum Gasteiger partial charge on any atom is 0.421 e. The molecule has 3 saturated heterocycles. The number of benzene rings is 2. The number of Topliss-reactive ketones (excluding diaryl/α,β-unsaturated/α-hetero) is 1. The summed E-state index contributed by atoms with van der Waals surface area (Å²) in [6.07, 6.45) is -0.507. The normalized spacial score (nSPS) is 23.7. The van der Waals surface area contributed by atoms with Crippen molar-refractivity contribution in [1.29, 1.82) is 0 Å². The van der Waals surface area contributed by atoms with Crippen molar-refractivity contribution < 1.29 is 42.1 Å². The Labute approximate surface area is 339 Å². The molecule has 10 rings (SSSR count). The van der Waals surface area contributed by atoms with E-state index in [1.807, 2.05) is 48.5 Å². The number of piperidine rings is 2. The molecular weight excluding hydrogens is 773 g/mol. The van der Waals surface area contributed by atoms with E-state index in [-0.39, 0.29) is 23.4 Å². The van der Waals surface area contributed by atoms with Crippen molar-refractivity contribution in [2.24, 2.45) is 11.3 Å². The predicted molar refractivity (Wildman–Crippen MR) is 209 cm³/mol. The lowest BCUT2D eigenvalue weighted by Crippen LogP contribution is -2.66. The first kappa shape index (κ1) is 38.8. The van der Waals surface area contributed by atoms with Crippen molar-refractivity contribution in [1.82, 2.24) is 19.8 Å².